The van der Waals surface area contributed by atoms with Gasteiger partial charge in [-0.3, -0.25) is 19.8 Å². The van der Waals surface area contributed by atoms with Crippen molar-refractivity contribution in [3.63, 3.8) is 0 Å². The summed E-state index contributed by atoms with van der Waals surface area (Å²) in [7, 11) is 0. The third kappa shape index (κ3) is 4.93. The predicted molar refractivity (Wildman–Crippen MR) is 117 cm³/mol. The van der Waals surface area contributed by atoms with Crippen LogP contribution in [0.2, 0.25) is 0 Å². The number of carbonyl (C=O) groups is 2. The molecule has 4 rings (SSSR count). The summed E-state index contributed by atoms with van der Waals surface area (Å²) in [6.45, 7) is 6.09. The molecule has 1 amide bonds. The Labute approximate surface area is 178 Å². The summed E-state index contributed by atoms with van der Waals surface area (Å²) < 4.78 is 0. The molecule has 6 heteroatoms. The molecule has 0 bridgehead atoms. The van der Waals surface area contributed by atoms with Gasteiger partial charge >= 0.3 is 0 Å². The number of Topliss-reactive ketones (excluding diaryl/α,β-unsaturated/α-hetero) is 1. The minimum Gasteiger partial charge on any atom is -0.294 e. The number of hydrogen-bond donors (Lipinski definition) is 1. The molecule has 0 unspecified atom stereocenters. The zero-order chi connectivity index (χ0) is 21.1. The first-order valence-corrected chi connectivity index (χ1v) is 10.9. The minimum atomic E-state index is -0.0916. The third-order valence-corrected chi connectivity index (χ3v) is 6.21. The SMILES string of the molecule is Cc1nc(NC(=O)CN2CCC(Cc3ccccc3)CC2)nc2c1C(=O)C[C@@H](C)C2. The summed E-state index contributed by atoms with van der Waals surface area (Å²) in [6, 6.07) is 10.6. The first-order chi connectivity index (χ1) is 14.5. The molecule has 1 aliphatic heterocycles. The van der Waals surface area contributed by atoms with E-state index in [-0.39, 0.29) is 17.6 Å². The molecule has 1 aromatic carbocycles. The van der Waals surface area contributed by atoms with Crippen LogP contribution in [0.3, 0.4) is 0 Å². The van der Waals surface area contributed by atoms with Crippen LogP contribution in [0.5, 0.6) is 0 Å². The van der Waals surface area contributed by atoms with Crippen LogP contribution >= 0.6 is 0 Å². The van der Waals surface area contributed by atoms with E-state index in [2.05, 4.69) is 57.4 Å². The van der Waals surface area contributed by atoms with Crippen LogP contribution < -0.4 is 5.32 Å². The zero-order valence-corrected chi connectivity index (χ0v) is 17.9. The number of amides is 1. The molecule has 2 aliphatic rings. The lowest BCUT2D eigenvalue weighted by atomic mass is 9.86. The van der Waals surface area contributed by atoms with Gasteiger partial charge in [0.15, 0.2) is 5.78 Å². The number of nitrogens with zero attached hydrogens (tertiary/aromatic N) is 3. The molecule has 1 atom stereocenters. The molecular formula is C24H30N4O2. The van der Waals surface area contributed by atoms with Crippen LogP contribution in [-0.2, 0) is 17.6 Å². The van der Waals surface area contributed by atoms with Crippen LogP contribution in [0.15, 0.2) is 30.3 Å². The predicted octanol–water partition coefficient (Wildman–Crippen LogP) is 3.44. The van der Waals surface area contributed by atoms with E-state index in [9.17, 15) is 9.59 Å². The van der Waals surface area contributed by atoms with Crippen LogP contribution in [-0.4, -0.2) is 46.2 Å². The standard InChI is InChI=1S/C24H30N4O2/c1-16-12-20-23(21(29)13-16)17(2)25-24(26-20)27-22(30)15-28-10-8-19(9-11-28)14-18-6-4-3-5-7-18/h3-7,16,19H,8-15H2,1-2H3,(H,25,26,27,30)/t16-/m0/s1. The molecule has 2 heterocycles. The number of aromatic nitrogens is 2. The summed E-state index contributed by atoms with van der Waals surface area (Å²) in [5.74, 6) is 1.29. The summed E-state index contributed by atoms with van der Waals surface area (Å²) in [5.41, 5.74) is 3.46. The largest absolute Gasteiger partial charge is 0.294 e. The highest BCUT2D eigenvalue weighted by Crippen LogP contribution is 2.26. The van der Waals surface area contributed by atoms with E-state index in [1.165, 1.54) is 5.56 Å². The molecule has 1 N–H and O–H groups in total. The molecule has 158 valence electrons. The molecule has 1 saturated heterocycles. The van der Waals surface area contributed by atoms with Gasteiger partial charge in [0.1, 0.15) is 0 Å². The van der Waals surface area contributed by atoms with E-state index in [0.717, 1.165) is 44.5 Å². The first-order valence-electron chi connectivity index (χ1n) is 10.9. The van der Waals surface area contributed by atoms with Gasteiger partial charge in [-0.25, -0.2) is 9.97 Å². The smallest absolute Gasteiger partial charge is 0.240 e. The Kier molecular flexibility index (Phi) is 6.23. The minimum absolute atomic E-state index is 0.0916. The number of benzene rings is 1. The number of fused-ring (bicyclic) bond motifs is 1. The average molecular weight is 407 g/mol. The fourth-order valence-corrected chi connectivity index (χ4v) is 4.68. The molecular weight excluding hydrogens is 376 g/mol. The van der Waals surface area contributed by atoms with Gasteiger partial charge in [0, 0.05) is 6.42 Å². The molecule has 6 nitrogen and oxygen atoms in total. The van der Waals surface area contributed by atoms with Gasteiger partial charge in [-0.1, -0.05) is 37.3 Å². The van der Waals surface area contributed by atoms with Crippen molar-refractivity contribution in [1.82, 2.24) is 14.9 Å². The highest BCUT2D eigenvalue weighted by Gasteiger charge is 2.27. The van der Waals surface area contributed by atoms with Gasteiger partial charge in [0.05, 0.1) is 23.5 Å². The number of ketones is 1. The fourth-order valence-electron chi connectivity index (χ4n) is 4.68. The van der Waals surface area contributed by atoms with Crippen molar-refractivity contribution in [1.29, 1.82) is 0 Å². The summed E-state index contributed by atoms with van der Waals surface area (Å²) in [6.07, 6.45) is 4.62. The Morgan fingerprint density at radius 2 is 1.87 bits per heavy atom. The number of likely N-dealkylation sites (tertiary alicyclic amines) is 1. The number of aryl methyl sites for hydroxylation is 1. The molecule has 1 aromatic heterocycles. The van der Waals surface area contributed by atoms with Crippen molar-refractivity contribution >= 4 is 17.6 Å². The van der Waals surface area contributed by atoms with E-state index in [4.69, 9.17) is 0 Å². The van der Waals surface area contributed by atoms with Crippen molar-refractivity contribution in [2.24, 2.45) is 11.8 Å². The fraction of sp³-hybridized carbons (Fsp3) is 0.500. The van der Waals surface area contributed by atoms with E-state index >= 15 is 0 Å². The van der Waals surface area contributed by atoms with Crippen molar-refractivity contribution in [3.8, 4) is 0 Å². The van der Waals surface area contributed by atoms with E-state index in [1.807, 2.05) is 6.92 Å². The zero-order valence-electron chi connectivity index (χ0n) is 17.9. The maximum atomic E-state index is 12.6. The maximum absolute atomic E-state index is 12.6. The highest BCUT2D eigenvalue weighted by molar-refractivity contribution is 5.99. The summed E-state index contributed by atoms with van der Waals surface area (Å²) >= 11 is 0. The number of hydrogen-bond acceptors (Lipinski definition) is 5. The Morgan fingerprint density at radius 3 is 2.60 bits per heavy atom. The Hall–Kier alpha value is -2.60. The summed E-state index contributed by atoms with van der Waals surface area (Å²) in [5, 5.41) is 2.85. The van der Waals surface area contributed by atoms with Crippen LogP contribution in [0, 0.1) is 18.8 Å². The lowest BCUT2D eigenvalue weighted by Gasteiger charge is -2.31. The summed E-state index contributed by atoms with van der Waals surface area (Å²) in [4.78, 5) is 35.9. The van der Waals surface area contributed by atoms with Crippen LogP contribution in [0.25, 0.3) is 0 Å². The van der Waals surface area contributed by atoms with Gasteiger partial charge in [-0.15, -0.1) is 0 Å². The molecule has 0 radical (unpaired) electrons. The molecule has 30 heavy (non-hydrogen) atoms. The number of rotatable bonds is 5. The Morgan fingerprint density at radius 1 is 1.13 bits per heavy atom. The lowest BCUT2D eigenvalue weighted by Crippen LogP contribution is -2.39. The second-order valence-electron chi connectivity index (χ2n) is 8.85. The molecule has 2 aromatic rings. The van der Waals surface area contributed by atoms with Crippen molar-refractivity contribution in [3.05, 3.63) is 52.8 Å². The Balaban J connectivity index is 1.30. The topological polar surface area (TPSA) is 75.2 Å². The van der Waals surface area contributed by atoms with E-state index in [0.29, 0.717) is 36.1 Å². The third-order valence-electron chi connectivity index (χ3n) is 6.21. The average Bonchev–Trinajstić information content (AvgIpc) is 2.69. The van der Waals surface area contributed by atoms with Crippen LogP contribution in [0.1, 0.15) is 53.5 Å². The highest BCUT2D eigenvalue weighted by atomic mass is 16.2. The van der Waals surface area contributed by atoms with Crippen LogP contribution in [0.4, 0.5) is 5.95 Å². The normalized spacial score (nSPS) is 20.1. The van der Waals surface area contributed by atoms with E-state index < -0.39 is 0 Å². The molecule has 0 saturated carbocycles. The first kappa shape index (κ1) is 20.7. The second kappa shape index (κ2) is 9.04. The van der Waals surface area contributed by atoms with Gasteiger partial charge < -0.3 is 0 Å². The molecule has 0 spiro atoms. The second-order valence-corrected chi connectivity index (χ2v) is 8.85. The van der Waals surface area contributed by atoms with Crippen molar-refractivity contribution in [2.75, 3.05) is 25.0 Å². The molecule has 1 fully saturated rings. The van der Waals surface area contributed by atoms with Crippen molar-refractivity contribution in [2.45, 2.75) is 46.0 Å². The van der Waals surface area contributed by atoms with Gasteiger partial charge in [-0.05, 0) is 63.1 Å². The number of carbonyl (C=O) groups excluding carboxylic acids is 2. The monoisotopic (exact) mass is 406 g/mol. The number of piperidine rings is 1. The number of anilines is 1. The molecule has 1 aliphatic carbocycles. The number of nitrogens with one attached hydrogen (secondary N) is 1. The van der Waals surface area contributed by atoms with Gasteiger partial charge in [-0.2, -0.15) is 0 Å². The van der Waals surface area contributed by atoms with Crippen molar-refractivity contribution < 1.29 is 9.59 Å². The Bertz CT molecular complexity index is 920. The van der Waals surface area contributed by atoms with Gasteiger partial charge in [0.2, 0.25) is 11.9 Å². The van der Waals surface area contributed by atoms with Gasteiger partial charge in [0.25, 0.3) is 0 Å². The lowest BCUT2D eigenvalue weighted by molar-refractivity contribution is -0.117. The quantitative estimate of drug-likeness (QED) is 0.823. The van der Waals surface area contributed by atoms with E-state index in [1.54, 1.807) is 0 Å². The maximum Gasteiger partial charge on any atom is 0.240 e.